The molecule has 0 N–H and O–H groups in total. The highest BCUT2D eigenvalue weighted by atomic mass is 32.2. The molecular weight excluding hydrogens is 341 g/mol. The van der Waals surface area contributed by atoms with Gasteiger partial charge in [-0.15, -0.1) is 0 Å². The predicted octanol–water partition coefficient (Wildman–Crippen LogP) is 4.46. The van der Waals surface area contributed by atoms with Crippen LogP contribution in [-0.4, -0.2) is 14.6 Å². The van der Waals surface area contributed by atoms with Crippen molar-refractivity contribution in [3.8, 4) is 0 Å². The Morgan fingerprint density at radius 1 is 1.04 bits per heavy atom. The summed E-state index contributed by atoms with van der Waals surface area (Å²) in [6, 6.07) is 13.4. The van der Waals surface area contributed by atoms with Gasteiger partial charge in [0.1, 0.15) is 4.90 Å². The van der Waals surface area contributed by atoms with E-state index in [9.17, 15) is 21.6 Å². The van der Waals surface area contributed by atoms with E-state index in [1.54, 1.807) is 37.3 Å². The smallest absolute Gasteiger partial charge is 0.365 e. The summed E-state index contributed by atoms with van der Waals surface area (Å²) < 4.78 is 67.4. The second-order valence-electron chi connectivity index (χ2n) is 4.88. The lowest BCUT2D eigenvalue weighted by Gasteiger charge is -2.11. The van der Waals surface area contributed by atoms with Gasteiger partial charge in [-0.2, -0.15) is 21.6 Å². The zero-order chi connectivity index (χ0) is 17.8. The maximum atomic E-state index is 13.0. The number of benzene rings is 2. The maximum Gasteiger partial charge on any atom is 0.458 e. The zero-order valence-corrected chi connectivity index (χ0v) is 13.4. The molecule has 0 fully saturated rings. The minimum atomic E-state index is -5.00. The fraction of sp³-hybridized carbons (Fsp3) is 0.118. The number of hydrogen-bond acceptors (Lipinski definition) is 3. The number of halogens is 3. The van der Waals surface area contributed by atoms with Gasteiger partial charge in [0.15, 0.2) is 0 Å². The van der Waals surface area contributed by atoms with Crippen LogP contribution in [0.15, 0.2) is 71.0 Å². The second-order valence-corrected chi connectivity index (χ2v) is 6.42. The third-order valence-corrected chi connectivity index (χ3v) is 4.17. The lowest BCUT2D eigenvalue weighted by atomic mass is 10.2. The summed E-state index contributed by atoms with van der Waals surface area (Å²) >= 11 is 0. The van der Waals surface area contributed by atoms with Gasteiger partial charge in [-0.1, -0.05) is 53.8 Å². The van der Waals surface area contributed by atoms with Crippen LogP contribution in [0.4, 0.5) is 13.2 Å². The monoisotopic (exact) mass is 354 g/mol. The Balaban J connectivity index is 2.40. The van der Waals surface area contributed by atoms with E-state index < -0.39 is 22.1 Å². The molecule has 0 amide bonds. The molecule has 0 unspecified atom stereocenters. The molecule has 2 aromatic carbocycles. The minimum absolute atomic E-state index is 0.364. The second kappa shape index (κ2) is 6.95. The van der Waals surface area contributed by atoms with Crippen molar-refractivity contribution in [2.75, 3.05) is 0 Å². The first-order valence-corrected chi connectivity index (χ1v) is 8.19. The van der Waals surface area contributed by atoms with E-state index in [-0.39, 0.29) is 4.90 Å². The van der Waals surface area contributed by atoms with Crippen LogP contribution >= 0.6 is 0 Å². The topological polar surface area (TPSA) is 43.4 Å². The molecule has 2 rings (SSSR count). The van der Waals surface area contributed by atoms with E-state index in [4.69, 9.17) is 0 Å². The molecule has 0 radical (unpaired) electrons. The van der Waals surface area contributed by atoms with Crippen LogP contribution in [0, 0.1) is 6.92 Å². The molecule has 2 aromatic rings. The molecular formula is C17H13F3O3S. The summed E-state index contributed by atoms with van der Waals surface area (Å²) in [5.41, 5.74) is 3.07. The number of aryl methyl sites for hydroxylation is 1. The van der Waals surface area contributed by atoms with E-state index >= 15 is 0 Å². The molecule has 0 aromatic heterocycles. The van der Waals surface area contributed by atoms with Crippen LogP contribution in [0.5, 0.6) is 0 Å². The average Bonchev–Trinajstić information content (AvgIpc) is 2.52. The summed E-state index contributed by atoms with van der Waals surface area (Å²) in [6.07, 6.45) is -3.99. The molecule has 126 valence electrons. The fourth-order valence-electron chi connectivity index (χ4n) is 1.71. The van der Waals surface area contributed by atoms with Crippen LogP contribution in [0.25, 0.3) is 6.08 Å². The molecule has 0 aliphatic heterocycles. The van der Waals surface area contributed by atoms with Crippen LogP contribution in [0.3, 0.4) is 0 Å². The van der Waals surface area contributed by atoms with Gasteiger partial charge in [-0.05, 0) is 30.7 Å². The lowest BCUT2D eigenvalue weighted by molar-refractivity contribution is -0.115. The Kier molecular flexibility index (Phi) is 5.17. The number of rotatable bonds is 4. The van der Waals surface area contributed by atoms with E-state index in [0.717, 1.165) is 11.6 Å². The molecule has 0 bridgehead atoms. The van der Waals surface area contributed by atoms with Crippen molar-refractivity contribution in [3.05, 3.63) is 77.2 Å². The summed E-state index contributed by atoms with van der Waals surface area (Å²) in [7, 11) is -4.60. The fourth-order valence-corrected chi connectivity index (χ4v) is 2.64. The Morgan fingerprint density at radius 3 is 2.17 bits per heavy atom. The van der Waals surface area contributed by atoms with E-state index in [2.05, 4.69) is 4.18 Å². The largest absolute Gasteiger partial charge is 0.458 e. The van der Waals surface area contributed by atoms with Crippen molar-refractivity contribution in [2.45, 2.75) is 18.0 Å². The Hall–Kier alpha value is -2.50. The highest BCUT2D eigenvalue weighted by Crippen LogP contribution is 2.29. The standard InChI is InChI=1S/C17H13F3O3S/c1-13-7-10-15(11-8-13)24(21,22)23-16(17(18,19)20)12-9-14-5-3-2-4-6-14/h2-11H,1H3. The van der Waals surface area contributed by atoms with Crippen LogP contribution < -0.4 is 0 Å². The Bertz CT molecular complexity index is 862. The van der Waals surface area contributed by atoms with Gasteiger partial charge in [0.05, 0.1) is 0 Å². The molecule has 0 saturated heterocycles. The van der Waals surface area contributed by atoms with Crippen molar-refractivity contribution in [1.29, 1.82) is 0 Å². The SMILES string of the molecule is Cc1ccc(S(=O)(=O)OC(=C=Cc2ccccc2)C(F)(F)F)cc1. The van der Waals surface area contributed by atoms with Crippen LogP contribution in [0.1, 0.15) is 11.1 Å². The van der Waals surface area contributed by atoms with Gasteiger partial charge >= 0.3 is 16.3 Å². The van der Waals surface area contributed by atoms with E-state index in [1.807, 2.05) is 5.73 Å². The van der Waals surface area contributed by atoms with Crippen LogP contribution in [-0.2, 0) is 14.3 Å². The Morgan fingerprint density at radius 2 is 1.62 bits per heavy atom. The minimum Gasteiger partial charge on any atom is -0.365 e. The number of hydrogen-bond donors (Lipinski definition) is 0. The number of alkyl halides is 3. The first kappa shape index (κ1) is 17.8. The molecule has 3 nitrogen and oxygen atoms in total. The van der Waals surface area contributed by atoms with Gasteiger partial charge in [0.25, 0.3) is 5.76 Å². The summed E-state index contributed by atoms with van der Waals surface area (Å²) in [5.74, 6) is -1.73. The first-order valence-electron chi connectivity index (χ1n) is 6.78. The summed E-state index contributed by atoms with van der Waals surface area (Å²) in [4.78, 5) is -0.364. The highest BCUT2D eigenvalue weighted by molar-refractivity contribution is 7.86. The molecule has 0 aliphatic rings. The highest BCUT2D eigenvalue weighted by Gasteiger charge is 2.39. The molecule has 24 heavy (non-hydrogen) atoms. The maximum absolute atomic E-state index is 13.0. The van der Waals surface area contributed by atoms with E-state index in [0.29, 0.717) is 5.56 Å². The first-order chi connectivity index (χ1) is 11.2. The van der Waals surface area contributed by atoms with Gasteiger partial charge in [-0.3, -0.25) is 0 Å². The van der Waals surface area contributed by atoms with Crippen molar-refractivity contribution < 1.29 is 25.8 Å². The molecule has 7 heteroatoms. The molecule has 0 heterocycles. The third-order valence-electron chi connectivity index (χ3n) is 2.93. The van der Waals surface area contributed by atoms with Crippen molar-refractivity contribution in [3.63, 3.8) is 0 Å². The molecule has 0 aliphatic carbocycles. The molecule has 0 atom stereocenters. The quantitative estimate of drug-likeness (QED) is 0.463. The van der Waals surface area contributed by atoms with Gasteiger partial charge in [0, 0.05) is 0 Å². The van der Waals surface area contributed by atoms with Crippen molar-refractivity contribution in [1.82, 2.24) is 0 Å². The summed E-state index contributed by atoms with van der Waals surface area (Å²) in [6.45, 7) is 1.72. The number of allylic oxidation sites excluding steroid dienone is 1. The van der Waals surface area contributed by atoms with E-state index in [1.165, 1.54) is 24.3 Å². The van der Waals surface area contributed by atoms with Crippen molar-refractivity contribution >= 4 is 16.2 Å². The molecule has 0 spiro atoms. The zero-order valence-electron chi connectivity index (χ0n) is 12.5. The Labute approximate surface area is 137 Å². The summed E-state index contributed by atoms with van der Waals surface area (Å²) in [5, 5.41) is 0. The normalized spacial score (nSPS) is 11.5. The van der Waals surface area contributed by atoms with Gasteiger partial charge in [-0.25, -0.2) is 0 Å². The average molecular weight is 354 g/mol. The third kappa shape index (κ3) is 4.75. The van der Waals surface area contributed by atoms with Crippen molar-refractivity contribution in [2.24, 2.45) is 0 Å². The lowest BCUT2D eigenvalue weighted by Crippen LogP contribution is -2.18. The predicted molar refractivity (Wildman–Crippen MR) is 83.4 cm³/mol. The van der Waals surface area contributed by atoms with Gasteiger partial charge in [0.2, 0.25) is 0 Å². The molecule has 0 saturated carbocycles. The van der Waals surface area contributed by atoms with Crippen LogP contribution in [0.2, 0.25) is 0 Å². The van der Waals surface area contributed by atoms with Gasteiger partial charge < -0.3 is 4.18 Å².